The van der Waals surface area contributed by atoms with Gasteiger partial charge in [0.15, 0.2) is 0 Å². The molecule has 1 aromatic carbocycles. The molecule has 2 N–H and O–H groups in total. The van der Waals surface area contributed by atoms with Crippen LogP contribution in [0, 0.1) is 9.49 Å². The van der Waals surface area contributed by atoms with Gasteiger partial charge in [0.2, 0.25) is 0 Å². The van der Waals surface area contributed by atoms with Crippen LogP contribution in [-0.4, -0.2) is 12.6 Å². The third kappa shape index (κ3) is 2.44. The van der Waals surface area contributed by atoms with Gasteiger partial charge in [-0.3, -0.25) is 0 Å². The molecule has 0 aromatic heterocycles. The summed E-state index contributed by atoms with van der Waals surface area (Å²) in [7, 11) is 0. The molecule has 0 aliphatic carbocycles. The van der Waals surface area contributed by atoms with Crippen LogP contribution >= 0.6 is 22.6 Å². The Balaban J connectivity index is 2.28. The van der Waals surface area contributed by atoms with Crippen molar-refractivity contribution in [3.63, 3.8) is 0 Å². The van der Waals surface area contributed by atoms with Gasteiger partial charge in [-0.15, -0.1) is 0 Å². The number of benzene rings is 1. The van der Waals surface area contributed by atoms with Crippen LogP contribution < -0.4 is 10.6 Å². The van der Waals surface area contributed by atoms with Crippen LogP contribution in [0.4, 0.5) is 11.4 Å². The molecule has 1 heterocycles. The van der Waals surface area contributed by atoms with E-state index in [1.165, 1.54) is 28.6 Å². The van der Waals surface area contributed by atoms with Crippen molar-refractivity contribution in [1.29, 1.82) is 0 Å². The average Bonchev–Trinajstić information content (AvgIpc) is 2.22. The number of halogens is 1. The molecular weight excluding hydrogens is 311 g/mol. The quantitative estimate of drug-likeness (QED) is 0.631. The molecule has 0 bridgehead atoms. The van der Waals surface area contributed by atoms with Gasteiger partial charge in [0.25, 0.3) is 0 Å². The summed E-state index contributed by atoms with van der Waals surface area (Å²) in [6.07, 6.45) is 2.64. The van der Waals surface area contributed by atoms with E-state index < -0.39 is 0 Å². The van der Waals surface area contributed by atoms with E-state index in [0.717, 1.165) is 11.6 Å². The van der Waals surface area contributed by atoms with Crippen LogP contribution in [0.5, 0.6) is 0 Å². The fourth-order valence-electron chi connectivity index (χ4n) is 2.38. The molecule has 0 amide bonds. The molecule has 16 heavy (non-hydrogen) atoms. The topological polar surface area (TPSA) is 29.3 Å². The Kier molecular flexibility index (Phi) is 3.62. The Hall–Kier alpha value is -0.450. The summed E-state index contributed by atoms with van der Waals surface area (Å²) in [6.45, 7) is 5.82. The second-order valence-corrected chi connectivity index (χ2v) is 6.06. The van der Waals surface area contributed by atoms with E-state index in [4.69, 9.17) is 5.73 Å². The summed E-state index contributed by atoms with van der Waals surface area (Å²) >= 11 is 2.38. The van der Waals surface area contributed by atoms with Crippen molar-refractivity contribution < 1.29 is 0 Å². The first kappa shape index (κ1) is 12.0. The normalized spacial score (nSPS) is 25.8. The summed E-state index contributed by atoms with van der Waals surface area (Å²) in [5.74, 6) is 0.796. The van der Waals surface area contributed by atoms with Crippen molar-refractivity contribution in [3.8, 4) is 0 Å². The van der Waals surface area contributed by atoms with Gasteiger partial charge < -0.3 is 10.6 Å². The Morgan fingerprint density at radius 1 is 1.31 bits per heavy atom. The van der Waals surface area contributed by atoms with Gasteiger partial charge >= 0.3 is 0 Å². The predicted octanol–water partition coefficient (Wildman–Crippen LogP) is 3.50. The zero-order valence-electron chi connectivity index (χ0n) is 9.91. The molecule has 2 rings (SSSR count). The molecule has 1 aliphatic heterocycles. The number of nitrogens with zero attached hydrogens (tertiary/aromatic N) is 1. The number of nitrogens with two attached hydrogens (primary N) is 1. The Morgan fingerprint density at radius 3 is 2.75 bits per heavy atom. The number of rotatable bonds is 1. The lowest BCUT2D eigenvalue weighted by Crippen LogP contribution is -2.41. The maximum Gasteiger partial charge on any atom is 0.0505 e. The third-order valence-electron chi connectivity index (χ3n) is 3.40. The predicted molar refractivity (Wildman–Crippen MR) is 78.8 cm³/mol. The molecule has 2 unspecified atom stereocenters. The van der Waals surface area contributed by atoms with Crippen LogP contribution in [-0.2, 0) is 0 Å². The summed E-state index contributed by atoms with van der Waals surface area (Å²) in [6, 6.07) is 6.87. The van der Waals surface area contributed by atoms with E-state index in [0.29, 0.717) is 6.04 Å². The number of hydrogen-bond donors (Lipinski definition) is 1. The zero-order chi connectivity index (χ0) is 11.7. The minimum absolute atomic E-state index is 0.647. The molecule has 0 spiro atoms. The second kappa shape index (κ2) is 4.82. The standard InChI is InChI=1S/C13H19IN2/c1-9-3-4-10(2)16(8-9)13-6-5-11(15)7-12(13)14/h5-7,9-10H,3-4,8,15H2,1-2H3. The molecule has 2 atom stereocenters. The molecule has 2 nitrogen and oxygen atoms in total. The molecule has 88 valence electrons. The first-order valence-corrected chi connectivity index (χ1v) is 6.97. The van der Waals surface area contributed by atoms with Crippen LogP contribution in [0.2, 0.25) is 0 Å². The minimum Gasteiger partial charge on any atom is -0.399 e. The van der Waals surface area contributed by atoms with E-state index in [9.17, 15) is 0 Å². The van der Waals surface area contributed by atoms with Crippen LogP contribution in [0.15, 0.2) is 18.2 Å². The first-order chi connectivity index (χ1) is 7.58. The van der Waals surface area contributed by atoms with Crippen LogP contribution in [0.25, 0.3) is 0 Å². The van der Waals surface area contributed by atoms with Crippen molar-refractivity contribution in [3.05, 3.63) is 21.8 Å². The number of piperidine rings is 1. The molecular formula is C13H19IN2. The fourth-order valence-corrected chi connectivity index (χ4v) is 3.23. The first-order valence-electron chi connectivity index (χ1n) is 5.89. The lowest BCUT2D eigenvalue weighted by atomic mass is 9.94. The summed E-state index contributed by atoms with van der Waals surface area (Å²) in [4.78, 5) is 2.52. The van der Waals surface area contributed by atoms with Crippen molar-refractivity contribution in [2.45, 2.75) is 32.7 Å². The summed E-state index contributed by atoms with van der Waals surface area (Å²) in [5.41, 5.74) is 7.99. The largest absolute Gasteiger partial charge is 0.399 e. The van der Waals surface area contributed by atoms with Crippen molar-refractivity contribution in [2.24, 2.45) is 5.92 Å². The minimum atomic E-state index is 0.647. The van der Waals surface area contributed by atoms with Crippen molar-refractivity contribution in [2.75, 3.05) is 17.2 Å². The average molecular weight is 330 g/mol. The number of nitrogen functional groups attached to an aromatic ring is 1. The highest BCUT2D eigenvalue weighted by Crippen LogP contribution is 2.31. The van der Waals surface area contributed by atoms with Gasteiger partial charge in [-0.1, -0.05) is 6.92 Å². The summed E-state index contributed by atoms with van der Waals surface area (Å²) in [5, 5.41) is 0. The summed E-state index contributed by atoms with van der Waals surface area (Å²) < 4.78 is 1.26. The van der Waals surface area contributed by atoms with E-state index in [1.807, 2.05) is 6.07 Å². The van der Waals surface area contributed by atoms with E-state index in [1.54, 1.807) is 0 Å². The third-order valence-corrected chi connectivity index (χ3v) is 4.26. The SMILES string of the molecule is CC1CCC(C)N(c2ccc(N)cc2I)C1. The Labute approximate surface area is 111 Å². The van der Waals surface area contributed by atoms with Gasteiger partial charge in [-0.25, -0.2) is 0 Å². The van der Waals surface area contributed by atoms with Gasteiger partial charge in [0.05, 0.1) is 5.69 Å². The van der Waals surface area contributed by atoms with Crippen LogP contribution in [0.3, 0.4) is 0 Å². The van der Waals surface area contributed by atoms with Gasteiger partial charge in [-0.2, -0.15) is 0 Å². The van der Waals surface area contributed by atoms with Crippen LogP contribution in [0.1, 0.15) is 26.7 Å². The molecule has 0 saturated carbocycles. The van der Waals surface area contributed by atoms with E-state index >= 15 is 0 Å². The Bertz CT molecular complexity index is 378. The van der Waals surface area contributed by atoms with E-state index in [-0.39, 0.29) is 0 Å². The lowest BCUT2D eigenvalue weighted by Gasteiger charge is -2.39. The maximum atomic E-state index is 5.80. The highest BCUT2D eigenvalue weighted by atomic mass is 127. The number of anilines is 2. The smallest absolute Gasteiger partial charge is 0.0505 e. The second-order valence-electron chi connectivity index (χ2n) is 4.89. The highest BCUT2D eigenvalue weighted by molar-refractivity contribution is 14.1. The monoisotopic (exact) mass is 330 g/mol. The molecule has 0 radical (unpaired) electrons. The van der Waals surface area contributed by atoms with Gasteiger partial charge in [-0.05, 0) is 66.5 Å². The molecule has 3 heteroatoms. The molecule has 1 fully saturated rings. The van der Waals surface area contributed by atoms with Gasteiger partial charge in [0, 0.05) is 21.8 Å². The number of hydrogen-bond acceptors (Lipinski definition) is 2. The lowest BCUT2D eigenvalue weighted by molar-refractivity contribution is 0.390. The Morgan fingerprint density at radius 2 is 2.06 bits per heavy atom. The molecule has 1 aliphatic rings. The zero-order valence-corrected chi connectivity index (χ0v) is 12.1. The van der Waals surface area contributed by atoms with E-state index in [2.05, 4.69) is 53.5 Å². The fraction of sp³-hybridized carbons (Fsp3) is 0.538. The van der Waals surface area contributed by atoms with Crippen molar-refractivity contribution >= 4 is 34.0 Å². The van der Waals surface area contributed by atoms with Gasteiger partial charge in [0.1, 0.15) is 0 Å². The highest BCUT2D eigenvalue weighted by Gasteiger charge is 2.24. The molecule has 1 saturated heterocycles. The molecule has 1 aromatic rings. The maximum absolute atomic E-state index is 5.80. The van der Waals surface area contributed by atoms with Crippen molar-refractivity contribution in [1.82, 2.24) is 0 Å².